The first-order chi connectivity index (χ1) is 13.0. The summed E-state index contributed by atoms with van der Waals surface area (Å²) >= 11 is 0. The van der Waals surface area contributed by atoms with Gasteiger partial charge in [0.1, 0.15) is 12.3 Å². The number of benzene rings is 1. The monoisotopic (exact) mass is 365 g/mol. The maximum absolute atomic E-state index is 12.9. The molecule has 2 amide bonds. The summed E-state index contributed by atoms with van der Waals surface area (Å²) in [5, 5.41) is 0. The van der Waals surface area contributed by atoms with E-state index in [-0.39, 0.29) is 53.6 Å². The Kier molecular flexibility index (Phi) is 3.41. The number of hydrogen-bond acceptors (Lipinski definition) is 5. The summed E-state index contributed by atoms with van der Waals surface area (Å²) < 4.78 is 5.26. The molecule has 6 atom stereocenters. The van der Waals surface area contributed by atoms with Crippen molar-refractivity contribution in [2.24, 2.45) is 35.5 Å². The molecule has 6 heteroatoms. The van der Waals surface area contributed by atoms with Crippen molar-refractivity contribution in [2.45, 2.75) is 13.3 Å². The van der Waals surface area contributed by atoms with Gasteiger partial charge in [0.2, 0.25) is 11.8 Å². The summed E-state index contributed by atoms with van der Waals surface area (Å²) in [4.78, 5) is 50.6. The Morgan fingerprint density at radius 3 is 2.30 bits per heavy atom. The van der Waals surface area contributed by atoms with Gasteiger partial charge in [-0.05, 0) is 49.1 Å². The molecule has 1 aromatic rings. The van der Waals surface area contributed by atoms with Crippen LogP contribution in [0.2, 0.25) is 0 Å². The van der Waals surface area contributed by atoms with Crippen molar-refractivity contribution in [1.82, 2.24) is 4.90 Å². The zero-order valence-electron chi connectivity index (χ0n) is 14.8. The number of nitrogens with zero attached hydrogens (tertiary/aromatic N) is 1. The number of carbonyl (C=O) groups excluding carboxylic acids is 4. The molecule has 27 heavy (non-hydrogen) atoms. The van der Waals surface area contributed by atoms with E-state index in [1.165, 1.54) is 13.0 Å². The lowest BCUT2D eigenvalue weighted by Gasteiger charge is -2.37. The highest BCUT2D eigenvalue weighted by molar-refractivity contribution is 6.08. The van der Waals surface area contributed by atoms with E-state index >= 15 is 0 Å². The Hall–Kier alpha value is -2.76. The van der Waals surface area contributed by atoms with Crippen LogP contribution in [0.15, 0.2) is 36.4 Å². The van der Waals surface area contributed by atoms with Crippen molar-refractivity contribution in [2.75, 3.05) is 6.54 Å². The summed E-state index contributed by atoms with van der Waals surface area (Å²) in [5.74, 6) is -0.386. The SMILES string of the molecule is CC(=O)c1cccc(OC(=O)CN2C(=O)[C@@H]3[C@H]4C=C[C@@H]([C@@H]5C[C@H]45)[C@@H]3C2=O)c1. The molecule has 3 fully saturated rings. The van der Waals surface area contributed by atoms with Gasteiger partial charge in [-0.3, -0.25) is 19.3 Å². The van der Waals surface area contributed by atoms with Gasteiger partial charge < -0.3 is 4.74 Å². The molecule has 6 rings (SSSR count). The average molecular weight is 365 g/mol. The minimum atomic E-state index is -0.679. The number of esters is 1. The van der Waals surface area contributed by atoms with Crippen LogP contribution in [0.5, 0.6) is 5.75 Å². The van der Waals surface area contributed by atoms with Crippen LogP contribution in [0.4, 0.5) is 0 Å². The molecule has 0 aromatic heterocycles. The van der Waals surface area contributed by atoms with Crippen LogP contribution in [0, 0.1) is 35.5 Å². The number of ketones is 1. The van der Waals surface area contributed by atoms with Gasteiger partial charge in [0.15, 0.2) is 5.78 Å². The van der Waals surface area contributed by atoms with Crippen molar-refractivity contribution in [3.63, 3.8) is 0 Å². The Morgan fingerprint density at radius 2 is 1.70 bits per heavy atom. The van der Waals surface area contributed by atoms with E-state index in [0.717, 1.165) is 11.3 Å². The predicted molar refractivity (Wildman–Crippen MR) is 93.5 cm³/mol. The summed E-state index contributed by atoms with van der Waals surface area (Å²) in [5.41, 5.74) is 0.432. The fraction of sp³-hybridized carbons (Fsp3) is 0.429. The number of likely N-dealkylation sites (tertiary alicyclic amines) is 1. The fourth-order valence-corrected chi connectivity index (χ4v) is 5.25. The number of amides is 2. The Labute approximate surface area is 156 Å². The van der Waals surface area contributed by atoms with Crippen LogP contribution < -0.4 is 4.74 Å². The highest BCUT2D eigenvalue weighted by Gasteiger charge is 2.67. The highest BCUT2D eigenvalue weighted by Crippen LogP contribution is 2.65. The summed E-state index contributed by atoms with van der Waals surface area (Å²) in [7, 11) is 0. The molecule has 0 N–H and O–H groups in total. The van der Waals surface area contributed by atoms with Crippen molar-refractivity contribution < 1.29 is 23.9 Å². The van der Waals surface area contributed by atoms with E-state index in [4.69, 9.17) is 4.74 Å². The number of imide groups is 1. The Bertz CT molecular complexity index is 883. The van der Waals surface area contributed by atoms with Crippen molar-refractivity contribution in [3.8, 4) is 5.75 Å². The van der Waals surface area contributed by atoms with Crippen molar-refractivity contribution in [1.29, 1.82) is 0 Å². The van der Waals surface area contributed by atoms with Crippen LogP contribution in [0.25, 0.3) is 0 Å². The summed E-state index contributed by atoms with van der Waals surface area (Å²) in [6.07, 6.45) is 5.30. The van der Waals surface area contributed by atoms with Crippen LogP contribution in [-0.4, -0.2) is 35.0 Å². The molecule has 6 nitrogen and oxygen atoms in total. The predicted octanol–water partition coefficient (Wildman–Crippen LogP) is 1.85. The second-order valence-corrected chi connectivity index (χ2v) is 7.98. The molecule has 1 aliphatic heterocycles. The van der Waals surface area contributed by atoms with Gasteiger partial charge in [0.25, 0.3) is 0 Å². The molecule has 0 unspecified atom stereocenters. The highest BCUT2D eigenvalue weighted by atomic mass is 16.5. The Morgan fingerprint density at radius 1 is 1.07 bits per heavy atom. The molecule has 1 aromatic carbocycles. The molecule has 138 valence electrons. The molecule has 4 aliphatic carbocycles. The van der Waals surface area contributed by atoms with Gasteiger partial charge in [0, 0.05) is 5.56 Å². The van der Waals surface area contributed by atoms with E-state index in [2.05, 4.69) is 12.2 Å². The molecule has 5 aliphatic rings. The molecule has 2 saturated carbocycles. The minimum absolute atomic E-state index is 0.134. The number of rotatable bonds is 4. The molecular weight excluding hydrogens is 346 g/mol. The average Bonchev–Trinajstić information content (AvgIpc) is 3.43. The minimum Gasteiger partial charge on any atom is -0.425 e. The zero-order chi connectivity index (χ0) is 18.9. The molecule has 0 spiro atoms. The molecule has 2 bridgehead atoms. The van der Waals surface area contributed by atoms with Gasteiger partial charge in [-0.1, -0.05) is 24.3 Å². The maximum Gasteiger partial charge on any atom is 0.331 e. The van der Waals surface area contributed by atoms with E-state index in [0.29, 0.717) is 17.4 Å². The van der Waals surface area contributed by atoms with E-state index < -0.39 is 5.97 Å². The Balaban J connectivity index is 1.31. The zero-order valence-corrected chi connectivity index (χ0v) is 14.8. The third kappa shape index (κ3) is 2.39. The van der Waals surface area contributed by atoms with Crippen LogP contribution in [0.3, 0.4) is 0 Å². The maximum atomic E-state index is 12.9. The lowest BCUT2D eigenvalue weighted by molar-refractivity contribution is -0.148. The van der Waals surface area contributed by atoms with Crippen LogP contribution in [-0.2, 0) is 14.4 Å². The van der Waals surface area contributed by atoms with E-state index in [1.807, 2.05) is 0 Å². The molecule has 1 saturated heterocycles. The number of Topliss-reactive ketones (excluding diaryl/α,β-unsaturated/α-hetero) is 1. The molecule has 1 heterocycles. The van der Waals surface area contributed by atoms with Gasteiger partial charge >= 0.3 is 5.97 Å². The lowest BCUT2D eigenvalue weighted by atomic mass is 9.63. The van der Waals surface area contributed by atoms with Crippen LogP contribution >= 0.6 is 0 Å². The third-order valence-corrected chi connectivity index (χ3v) is 6.51. The first-order valence-electron chi connectivity index (χ1n) is 9.31. The molecule has 0 radical (unpaired) electrons. The molecular formula is C21H19NO5. The number of carbonyl (C=O) groups is 4. The van der Waals surface area contributed by atoms with Gasteiger partial charge in [-0.15, -0.1) is 0 Å². The quantitative estimate of drug-likeness (QED) is 0.267. The number of allylic oxidation sites excluding steroid dienone is 2. The first kappa shape index (κ1) is 16.4. The fourth-order valence-electron chi connectivity index (χ4n) is 5.25. The second-order valence-electron chi connectivity index (χ2n) is 7.98. The normalized spacial score (nSPS) is 35.1. The summed E-state index contributed by atoms with van der Waals surface area (Å²) in [6, 6.07) is 6.29. The number of hydrogen-bond donors (Lipinski definition) is 0. The van der Waals surface area contributed by atoms with Crippen LogP contribution in [0.1, 0.15) is 23.7 Å². The van der Waals surface area contributed by atoms with E-state index in [9.17, 15) is 19.2 Å². The van der Waals surface area contributed by atoms with Gasteiger partial charge in [-0.2, -0.15) is 0 Å². The standard InChI is InChI=1S/C21H19NO5/c1-10(23)11-3-2-4-12(7-11)27-17(24)9-22-20(25)18-13-5-6-14(16-8-15(13)16)19(18)21(22)26/h2-7,13-16,18-19H,8-9H2,1H3/t13-,14-,15-,16+,18-,19+/m0/s1. The van der Waals surface area contributed by atoms with Gasteiger partial charge in [-0.25, -0.2) is 4.79 Å². The lowest BCUT2D eigenvalue weighted by Crippen LogP contribution is -2.40. The van der Waals surface area contributed by atoms with Crippen molar-refractivity contribution >= 4 is 23.6 Å². The topological polar surface area (TPSA) is 80.8 Å². The smallest absolute Gasteiger partial charge is 0.331 e. The largest absolute Gasteiger partial charge is 0.425 e. The van der Waals surface area contributed by atoms with E-state index in [1.54, 1.807) is 18.2 Å². The van der Waals surface area contributed by atoms with Gasteiger partial charge in [0.05, 0.1) is 11.8 Å². The third-order valence-electron chi connectivity index (χ3n) is 6.51. The second kappa shape index (κ2) is 5.62. The number of ether oxygens (including phenoxy) is 1. The first-order valence-corrected chi connectivity index (χ1v) is 9.31. The van der Waals surface area contributed by atoms with Crippen molar-refractivity contribution in [3.05, 3.63) is 42.0 Å². The summed E-state index contributed by atoms with van der Waals surface area (Å²) in [6.45, 7) is 1.04.